The smallest absolute Gasteiger partial charge is 0.0172 e. The first-order valence-electron chi connectivity index (χ1n) is 9.56. The lowest BCUT2D eigenvalue weighted by Crippen LogP contribution is -2.21. The second-order valence-electron chi connectivity index (χ2n) is 8.14. The first-order chi connectivity index (χ1) is 10.2. The third kappa shape index (κ3) is 3.15. The number of allylic oxidation sites excluding steroid dienone is 3. The van der Waals surface area contributed by atoms with Crippen LogP contribution in [-0.2, 0) is 0 Å². The fourth-order valence-corrected chi connectivity index (χ4v) is 5.66. The second-order valence-corrected chi connectivity index (χ2v) is 8.14. The predicted molar refractivity (Wildman–Crippen MR) is 92.1 cm³/mol. The number of hydrogen-bond acceptors (Lipinski definition) is 0. The van der Waals surface area contributed by atoms with E-state index in [2.05, 4.69) is 32.6 Å². The standard InChI is InChI=1S/C21H34/c1-4-6-7-8-20-15(3)21-14-19(20)13-18(21)12-17-10-9-16(5-2)11-17/h5,12,15-17,19-21H,2,4,6-11,13-14H2,1,3H3. The Kier molecular flexibility index (Phi) is 4.92. The molecule has 0 aromatic carbocycles. The minimum Gasteiger partial charge on any atom is -0.103 e. The van der Waals surface area contributed by atoms with E-state index in [-0.39, 0.29) is 0 Å². The van der Waals surface area contributed by atoms with Crippen LogP contribution in [0.15, 0.2) is 24.3 Å². The Morgan fingerprint density at radius 1 is 1.14 bits per heavy atom. The lowest BCUT2D eigenvalue weighted by molar-refractivity contribution is 0.255. The molecule has 0 heterocycles. The molecule has 0 nitrogen and oxygen atoms in total. The van der Waals surface area contributed by atoms with Crippen LogP contribution in [0.2, 0.25) is 0 Å². The van der Waals surface area contributed by atoms with Gasteiger partial charge in [0.1, 0.15) is 0 Å². The number of unbranched alkanes of at least 4 members (excludes halogenated alkanes) is 2. The molecule has 118 valence electrons. The second kappa shape index (κ2) is 6.71. The maximum Gasteiger partial charge on any atom is -0.0172 e. The van der Waals surface area contributed by atoms with E-state index in [0.717, 1.165) is 35.5 Å². The minimum atomic E-state index is 0.796. The molecule has 0 radical (unpaired) electrons. The van der Waals surface area contributed by atoms with Crippen LogP contribution < -0.4 is 0 Å². The molecular formula is C21H34. The summed E-state index contributed by atoms with van der Waals surface area (Å²) in [6.07, 6.45) is 17.8. The third-order valence-corrected chi connectivity index (χ3v) is 6.88. The van der Waals surface area contributed by atoms with Crippen LogP contribution >= 0.6 is 0 Å². The van der Waals surface area contributed by atoms with Crippen molar-refractivity contribution in [1.82, 2.24) is 0 Å². The summed E-state index contributed by atoms with van der Waals surface area (Å²) < 4.78 is 0. The van der Waals surface area contributed by atoms with Gasteiger partial charge in [0.25, 0.3) is 0 Å². The summed E-state index contributed by atoms with van der Waals surface area (Å²) >= 11 is 0. The molecule has 0 N–H and O–H groups in total. The van der Waals surface area contributed by atoms with E-state index in [9.17, 15) is 0 Å². The van der Waals surface area contributed by atoms with E-state index < -0.39 is 0 Å². The van der Waals surface area contributed by atoms with Gasteiger partial charge in [0.15, 0.2) is 0 Å². The molecule has 6 unspecified atom stereocenters. The molecule has 21 heavy (non-hydrogen) atoms. The Labute approximate surface area is 132 Å². The van der Waals surface area contributed by atoms with Gasteiger partial charge in [-0.15, -0.1) is 6.58 Å². The predicted octanol–water partition coefficient (Wildman–Crippen LogP) is 6.39. The molecule has 3 saturated carbocycles. The molecule has 3 aliphatic rings. The van der Waals surface area contributed by atoms with Gasteiger partial charge in [-0.1, -0.05) is 50.8 Å². The first kappa shape index (κ1) is 15.4. The summed E-state index contributed by atoms with van der Waals surface area (Å²) in [5, 5.41) is 0. The topological polar surface area (TPSA) is 0 Å². The van der Waals surface area contributed by atoms with Crippen molar-refractivity contribution >= 4 is 0 Å². The minimum absolute atomic E-state index is 0.796. The zero-order valence-electron chi connectivity index (χ0n) is 14.2. The molecule has 2 bridgehead atoms. The fourth-order valence-electron chi connectivity index (χ4n) is 5.66. The van der Waals surface area contributed by atoms with Crippen molar-refractivity contribution in [3.05, 3.63) is 24.3 Å². The average Bonchev–Trinajstić information content (AvgIpc) is 3.16. The van der Waals surface area contributed by atoms with Crippen LogP contribution in [-0.4, -0.2) is 0 Å². The molecule has 0 spiro atoms. The van der Waals surface area contributed by atoms with Crippen LogP contribution in [0.3, 0.4) is 0 Å². The Morgan fingerprint density at radius 2 is 1.95 bits per heavy atom. The highest BCUT2D eigenvalue weighted by Crippen LogP contribution is 2.57. The molecule has 0 saturated heterocycles. The van der Waals surface area contributed by atoms with Crippen LogP contribution in [0.4, 0.5) is 0 Å². The van der Waals surface area contributed by atoms with E-state index in [1.54, 1.807) is 0 Å². The summed E-state index contributed by atoms with van der Waals surface area (Å²) in [5.74, 6) is 5.65. The summed E-state index contributed by atoms with van der Waals surface area (Å²) in [5.41, 5.74) is 1.86. The van der Waals surface area contributed by atoms with Gasteiger partial charge in [0.2, 0.25) is 0 Å². The number of fused-ring (bicyclic) bond motifs is 2. The average molecular weight is 287 g/mol. The van der Waals surface area contributed by atoms with Crippen molar-refractivity contribution in [2.24, 2.45) is 35.5 Å². The fraction of sp³-hybridized carbons (Fsp3) is 0.810. The Morgan fingerprint density at radius 3 is 2.62 bits per heavy atom. The molecule has 3 rings (SSSR count). The number of hydrogen-bond donors (Lipinski definition) is 0. The van der Waals surface area contributed by atoms with Crippen molar-refractivity contribution in [2.45, 2.75) is 71.6 Å². The molecule has 0 heteroatoms. The van der Waals surface area contributed by atoms with Gasteiger partial charge in [-0.2, -0.15) is 0 Å². The normalized spacial score (nSPS) is 43.8. The highest BCUT2D eigenvalue weighted by molar-refractivity contribution is 5.21. The zero-order valence-corrected chi connectivity index (χ0v) is 14.2. The van der Waals surface area contributed by atoms with E-state index in [1.807, 2.05) is 5.57 Å². The lowest BCUT2D eigenvalue weighted by atomic mass is 9.75. The highest BCUT2D eigenvalue weighted by atomic mass is 14.5. The maximum absolute atomic E-state index is 3.98. The Hall–Kier alpha value is -0.520. The van der Waals surface area contributed by atoms with Gasteiger partial charge in [0.05, 0.1) is 0 Å². The summed E-state index contributed by atoms with van der Waals surface area (Å²) in [4.78, 5) is 0. The molecule has 6 atom stereocenters. The van der Waals surface area contributed by atoms with Crippen LogP contribution in [0.25, 0.3) is 0 Å². The Balaban J connectivity index is 1.57. The molecule has 0 aromatic heterocycles. The first-order valence-corrected chi connectivity index (χ1v) is 9.56. The van der Waals surface area contributed by atoms with Gasteiger partial charge in [-0.3, -0.25) is 0 Å². The lowest BCUT2D eigenvalue weighted by Gasteiger charge is -2.30. The van der Waals surface area contributed by atoms with Crippen molar-refractivity contribution in [3.8, 4) is 0 Å². The van der Waals surface area contributed by atoms with Gasteiger partial charge in [0, 0.05) is 0 Å². The van der Waals surface area contributed by atoms with Gasteiger partial charge in [-0.25, -0.2) is 0 Å². The van der Waals surface area contributed by atoms with E-state index in [1.165, 1.54) is 57.8 Å². The van der Waals surface area contributed by atoms with Gasteiger partial charge in [-0.05, 0) is 74.0 Å². The summed E-state index contributed by atoms with van der Waals surface area (Å²) in [7, 11) is 0. The van der Waals surface area contributed by atoms with Crippen molar-refractivity contribution < 1.29 is 0 Å². The van der Waals surface area contributed by atoms with Crippen molar-refractivity contribution in [3.63, 3.8) is 0 Å². The quantitative estimate of drug-likeness (QED) is 0.392. The van der Waals surface area contributed by atoms with Crippen LogP contribution in [0.5, 0.6) is 0 Å². The van der Waals surface area contributed by atoms with Crippen LogP contribution in [0.1, 0.15) is 71.6 Å². The molecule has 3 fully saturated rings. The largest absolute Gasteiger partial charge is 0.103 e. The molecule has 3 aliphatic carbocycles. The molecule has 0 aromatic rings. The highest BCUT2D eigenvalue weighted by Gasteiger charge is 2.47. The van der Waals surface area contributed by atoms with E-state index >= 15 is 0 Å². The van der Waals surface area contributed by atoms with Crippen molar-refractivity contribution in [1.29, 1.82) is 0 Å². The van der Waals surface area contributed by atoms with Crippen molar-refractivity contribution in [2.75, 3.05) is 0 Å². The monoisotopic (exact) mass is 286 g/mol. The van der Waals surface area contributed by atoms with E-state index in [4.69, 9.17) is 0 Å². The molecule has 0 aliphatic heterocycles. The summed E-state index contributed by atoms with van der Waals surface area (Å²) in [6.45, 7) is 8.86. The SMILES string of the molecule is C=CC1CCC(C=C2CC3CC2C(C)C3CCCCC)C1. The number of rotatable bonds is 6. The van der Waals surface area contributed by atoms with Crippen LogP contribution in [0, 0.1) is 35.5 Å². The Bertz CT molecular complexity index is 389. The zero-order chi connectivity index (χ0) is 14.8. The summed E-state index contributed by atoms with van der Waals surface area (Å²) in [6, 6.07) is 0. The third-order valence-electron chi connectivity index (χ3n) is 6.88. The van der Waals surface area contributed by atoms with E-state index in [0.29, 0.717) is 0 Å². The molecular weight excluding hydrogens is 252 g/mol. The maximum atomic E-state index is 3.98. The van der Waals surface area contributed by atoms with Gasteiger partial charge >= 0.3 is 0 Å². The molecule has 0 amide bonds. The van der Waals surface area contributed by atoms with Gasteiger partial charge < -0.3 is 0 Å².